The molecular formula is C21H19FN4O2. The quantitative estimate of drug-likeness (QED) is 0.622. The predicted molar refractivity (Wildman–Crippen MR) is 105 cm³/mol. The zero-order chi connectivity index (χ0) is 19.8. The van der Waals surface area contributed by atoms with E-state index in [0.717, 1.165) is 5.69 Å². The topological polar surface area (TPSA) is 67.4 Å². The molecule has 0 bridgehead atoms. The van der Waals surface area contributed by atoms with Crippen molar-refractivity contribution in [1.29, 1.82) is 0 Å². The standard InChI is InChI=1S/C21H19FN4O2/c1-2-12-24-21(27)26(15-16-7-5-6-13-23-16)17-10-11-20(25-14-17)28-19-9-4-3-8-18(19)22/h2-11,13-14H,1,12,15H2,(H,24,27). The highest BCUT2D eigenvalue weighted by molar-refractivity contribution is 5.91. The maximum atomic E-state index is 13.7. The Bertz CT molecular complexity index is 933. The molecule has 0 atom stereocenters. The van der Waals surface area contributed by atoms with Gasteiger partial charge in [-0.25, -0.2) is 14.2 Å². The minimum Gasteiger partial charge on any atom is -0.436 e. The molecule has 0 aliphatic carbocycles. The summed E-state index contributed by atoms with van der Waals surface area (Å²) in [5, 5.41) is 2.75. The van der Waals surface area contributed by atoms with Gasteiger partial charge in [0.15, 0.2) is 11.6 Å². The number of benzene rings is 1. The van der Waals surface area contributed by atoms with Gasteiger partial charge in [0.1, 0.15) is 0 Å². The van der Waals surface area contributed by atoms with Gasteiger partial charge < -0.3 is 10.1 Å². The molecule has 6 nitrogen and oxygen atoms in total. The Kier molecular flexibility index (Phi) is 6.30. The van der Waals surface area contributed by atoms with Crippen molar-refractivity contribution in [2.75, 3.05) is 11.4 Å². The van der Waals surface area contributed by atoms with Crippen molar-refractivity contribution in [2.24, 2.45) is 0 Å². The fourth-order valence-corrected chi connectivity index (χ4v) is 2.42. The number of nitrogens with one attached hydrogen (secondary N) is 1. The van der Waals surface area contributed by atoms with Crippen LogP contribution in [-0.4, -0.2) is 22.5 Å². The number of aromatic nitrogens is 2. The first kappa shape index (κ1) is 19.0. The normalized spacial score (nSPS) is 10.2. The van der Waals surface area contributed by atoms with Crippen molar-refractivity contribution in [2.45, 2.75) is 6.54 Å². The molecule has 0 unspecified atom stereocenters. The Morgan fingerprint density at radius 2 is 1.96 bits per heavy atom. The van der Waals surface area contributed by atoms with E-state index < -0.39 is 5.82 Å². The summed E-state index contributed by atoms with van der Waals surface area (Å²) in [6.45, 7) is 4.20. The van der Waals surface area contributed by atoms with Crippen LogP contribution in [0.2, 0.25) is 0 Å². The average Bonchev–Trinajstić information content (AvgIpc) is 2.73. The van der Waals surface area contributed by atoms with E-state index in [1.807, 2.05) is 18.2 Å². The lowest BCUT2D eigenvalue weighted by molar-refractivity contribution is 0.247. The van der Waals surface area contributed by atoms with Crippen LogP contribution in [0.4, 0.5) is 14.9 Å². The molecular weight excluding hydrogens is 359 g/mol. The van der Waals surface area contributed by atoms with Gasteiger partial charge in [0.2, 0.25) is 5.88 Å². The predicted octanol–water partition coefficient (Wildman–Crippen LogP) is 4.31. The number of carbonyl (C=O) groups excluding carboxylic acids is 1. The van der Waals surface area contributed by atoms with Gasteiger partial charge in [0.05, 0.1) is 24.1 Å². The number of pyridine rings is 2. The number of urea groups is 1. The molecule has 2 aromatic heterocycles. The smallest absolute Gasteiger partial charge is 0.322 e. The van der Waals surface area contributed by atoms with Gasteiger partial charge in [0.25, 0.3) is 0 Å². The first-order valence-corrected chi connectivity index (χ1v) is 8.62. The SMILES string of the molecule is C=CCNC(=O)N(Cc1ccccn1)c1ccc(Oc2ccccc2F)nc1. The van der Waals surface area contributed by atoms with E-state index >= 15 is 0 Å². The average molecular weight is 378 g/mol. The Hall–Kier alpha value is -3.74. The molecule has 0 saturated carbocycles. The third kappa shape index (κ3) is 4.91. The summed E-state index contributed by atoms with van der Waals surface area (Å²) in [5.74, 6) is -0.177. The second-order valence-corrected chi connectivity index (χ2v) is 5.77. The molecule has 0 fully saturated rings. The molecule has 0 saturated heterocycles. The van der Waals surface area contributed by atoms with Crippen LogP contribution in [0.25, 0.3) is 0 Å². The van der Waals surface area contributed by atoms with Gasteiger partial charge in [0, 0.05) is 18.8 Å². The van der Waals surface area contributed by atoms with Crippen molar-refractivity contribution in [1.82, 2.24) is 15.3 Å². The second-order valence-electron chi connectivity index (χ2n) is 5.77. The minimum atomic E-state index is -0.478. The van der Waals surface area contributed by atoms with Crippen LogP contribution in [-0.2, 0) is 6.54 Å². The lowest BCUT2D eigenvalue weighted by Gasteiger charge is -2.22. The lowest BCUT2D eigenvalue weighted by Crippen LogP contribution is -2.40. The zero-order valence-electron chi connectivity index (χ0n) is 15.1. The van der Waals surface area contributed by atoms with Crippen LogP contribution < -0.4 is 15.0 Å². The first-order chi connectivity index (χ1) is 13.7. The number of hydrogen-bond donors (Lipinski definition) is 1. The lowest BCUT2D eigenvalue weighted by atomic mass is 10.3. The molecule has 0 spiro atoms. The number of anilines is 1. The van der Waals surface area contributed by atoms with Crippen LogP contribution in [0.5, 0.6) is 11.6 Å². The number of carbonyl (C=O) groups is 1. The minimum absolute atomic E-state index is 0.0804. The molecule has 0 radical (unpaired) electrons. The van der Waals surface area contributed by atoms with E-state index in [4.69, 9.17) is 4.74 Å². The summed E-state index contributed by atoms with van der Waals surface area (Å²) in [6.07, 6.45) is 4.76. The Morgan fingerprint density at radius 1 is 1.14 bits per heavy atom. The van der Waals surface area contributed by atoms with E-state index in [2.05, 4.69) is 21.9 Å². The van der Waals surface area contributed by atoms with Crippen molar-refractivity contribution in [3.05, 3.63) is 91.2 Å². The van der Waals surface area contributed by atoms with Crippen molar-refractivity contribution in [3.63, 3.8) is 0 Å². The van der Waals surface area contributed by atoms with Gasteiger partial charge in [-0.05, 0) is 30.3 Å². The fourth-order valence-electron chi connectivity index (χ4n) is 2.42. The number of para-hydroxylation sites is 1. The molecule has 0 aliphatic heterocycles. The molecule has 0 aliphatic rings. The monoisotopic (exact) mass is 378 g/mol. The van der Waals surface area contributed by atoms with E-state index in [0.29, 0.717) is 12.2 Å². The zero-order valence-corrected chi connectivity index (χ0v) is 15.1. The third-order valence-electron chi connectivity index (χ3n) is 3.77. The van der Waals surface area contributed by atoms with Gasteiger partial charge >= 0.3 is 6.03 Å². The summed E-state index contributed by atoms with van der Waals surface area (Å²) < 4.78 is 19.2. The summed E-state index contributed by atoms with van der Waals surface area (Å²) in [5.41, 5.74) is 1.27. The van der Waals surface area contributed by atoms with Gasteiger partial charge in [-0.15, -0.1) is 6.58 Å². The molecule has 3 aromatic rings. The third-order valence-corrected chi connectivity index (χ3v) is 3.77. The maximum absolute atomic E-state index is 13.7. The molecule has 142 valence electrons. The molecule has 28 heavy (non-hydrogen) atoms. The van der Waals surface area contributed by atoms with Gasteiger partial charge in [-0.1, -0.05) is 24.3 Å². The first-order valence-electron chi connectivity index (χ1n) is 8.62. The number of hydrogen-bond acceptors (Lipinski definition) is 4. The van der Waals surface area contributed by atoms with E-state index in [1.54, 1.807) is 36.5 Å². The number of rotatable bonds is 7. The van der Waals surface area contributed by atoms with Crippen LogP contribution in [0.3, 0.4) is 0 Å². The molecule has 3 rings (SSSR count). The summed E-state index contributed by atoms with van der Waals surface area (Å²) in [6, 6.07) is 14.5. The van der Waals surface area contributed by atoms with Crippen molar-refractivity contribution < 1.29 is 13.9 Å². The largest absolute Gasteiger partial charge is 0.436 e. The van der Waals surface area contributed by atoms with Crippen LogP contribution >= 0.6 is 0 Å². The molecule has 2 amide bonds. The van der Waals surface area contributed by atoms with Crippen molar-refractivity contribution in [3.8, 4) is 11.6 Å². The van der Waals surface area contributed by atoms with Crippen LogP contribution in [0.1, 0.15) is 5.69 Å². The molecule has 1 N–H and O–H groups in total. The maximum Gasteiger partial charge on any atom is 0.322 e. The van der Waals surface area contributed by atoms with Gasteiger partial charge in [-0.2, -0.15) is 0 Å². The highest BCUT2D eigenvalue weighted by atomic mass is 19.1. The number of nitrogens with zero attached hydrogens (tertiary/aromatic N) is 3. The number of ether oxygens (including phenoxy) is 1. The van der Waals surface area contributed by atoms with E-state index in [-0.39, 0.29) is 24.2 Å². The molecule has 2 heterocycles. The Balaban J connectivity index is 1.80. The summed E-state index contributed by atoms with van der Waals surface area (Å²) in [7, 11) is 0. The molecule has 7 heteroatoms. The highest BCUT2D eigenvalue weighted by Crippen LogP contribution is 2.24. The summed E-state index contributed by atoms with van der Waals surface area (Å²) in [4.78, 5) is 22.5. The molecule has 1 aromatic carbocycles. The van der Waals surface area contributed by atoms with Gasteiger partial charge in [-0.3, -0.25) is 9.88 Å². The van der Waals surface area contributed by atoms with Crippen molar-refractivity contribution >= 4 is 11.7 Å². The Labute approximate surface area is 162 Å². The summed E-state index contributed by atoms with van der Waals surface area (Å²) >= 11 is 0. The second kappa shape index (κ2) is 9.27. The number of halogens is 1. The van der Waals surface area contributed by atoms with E-state index in [9.17, 15) is 9.18 Å². The fraction of sp³-hybridized carbons (Fsp3) is 0.0952. The van der Waals surface area contributed by atoms with E-state index in [1.165, 1.54) is 23.2 Å². The number of amides is 2. The Morgan fingerprint density at radius 3 is 2.64 bits per heavy atom. The highest BCUT2D eigenvalue weighted by Gasteiger charge is 2.17. The van der Waals surface area contributed by atoms with Crippen LogP contribution in [0.15, 0.2) is 79.6 Å². The van der Waals surface area contributed by atoms with Crippen LogP contribution in [0, 0.1) is 5.82 Å².